The lowest BCUT2D eigenvalue weighted by molar-refractivity contribution is -0.147. The van der Waals surface area contributed by atoms with E-state index in [1.54, 1.807) is 44.2 Å². The minimum Gasteiger partial charge on any atom is -0.358 e. The molecule has 1 aromatic carbocycles. The molecule has 13 heteroatoms. The number of benzene rings is 1. The number of hydrogen-bond donors (Lipinski definition) is 5. The van der Waals surface area contributed by atoms with E-state index in [4.69, 9.17) is 0 Å². The Hall–Kier alpha value is -4.29. The smallest absolute Gasteiger partial charge is 0.243 e. The maximum absolute atomic E-state index is 12.6. The first-order valence-electron chi connectivity index (χ1n) is 12.3. The van der Waals surface area contributed by atoms with Crippen molar-refractivity contribution in [2.75, 3.05) is 26.7 Å². The lowest BCUT2D eigenvalue weighted by Crippen LogP contribution is -2.53. The topological polar surface area (TPSA) is 183 Å². The Labute approximate surface area is 220 Å². The number of amides is 7. The van der Waals surface area contributed by atoms with Gasteiger partial charge in [-0.25, -0.2) is 0 Å². The van der Waals surface area contributed by atoms with Gasteiger partial charge in [0.1, 0.15) is 12.1 Å². The average Bonchev–Trinajstić information content (AvgIpc) is 3.16. The predicted octanol–water partition coefficient (Wildman–Crippen LogP) is -2.02. The molecule has 5 N–H and O–H groups in total. The van der Waals surface area contributed by atoms with Crippen LogP contribution in [0.1, 0.15) is 32.3 Å². The van der Waals surface area contributed by atoms with Crippen molar-refractivity contribution in [3.8, 4) is 0 Å². The highest BCUT2D eigenvalue weighted by molar-refractivity contribution is 6.07. The normalized spacial score (nSPS) is 16.3. The van der Waals surface area contributed by atoms with E-state index in [0.717, 1.165) is 10.5 Å². The fraction of sp³-hybridized carbons (Fsp3) is 0.480. The number of rotatable bonds is 13. The van der Waals surface area contributed by atoms with E-state index in [1.807, 2.05) is 0 Å². The van der Waals surface area contributed by atoms with Gasteiger partial charge >= 0.3 is 0 Å². The van der Waals surface area contributed by atoms with E-state index in [-0.39, 0.29) is 25.8 Å². The van der Waals surface area contributed by atoms with Gasteiger partial charge in [-0.2, -0.15) is 0 Å². The van der Waals surface area contributed by atoms with Crippen LogP contribution in [0.5, 0.6) is 0 Å². The molecular weight excluding hydrogens is 496 g/mol. The summed E-state index contributed by atoms with van der Waals surface area (Å²) in [6.45, 7) is 2.04. The van der Waals surface area contributed by atoms with Crippen LogP contribution in [0.2, 0.25) is 0 Å². The molecule has 0 spiro atoms. The first-order valence-corrected chi connectivity index (χ1v) is 12.3. The van der Waals surface area contributed by atoms with Gasteiger partial charge < -0.3 is 26.6 Å². The molecule has 1 aliphatic heterocycles. The number of carbonyl (C=O) groups excluding carboxylic acids is 7. The summed E-state index contributed by atoms with van der Waals surface area (Å²) >= 11 is 0. The van der Waals surface area contributed by atoms with Gasteiger partial charge in [-0.05, 0) is 12.0 Å². The summed E-state index contributed by atoms with van der Waals surface area (Å²) in [7, 11) is 1.43. The van der Waals surface area contributed by atoms with Crippen LogP contribution in [0, 0.1) is 5.92 Å². The maximum atomic E-state index is 12.6. The molecule has 3 unspecified atom stereocenters. The molecule has 0 aliphatic carbocycles. The Bertz CT molecular complexity index is 1060. The van der Waals surface area contributed by atoms with Gasteiger partial charge in [0.15, 0.2) is 0 Å². The Kier molecular flexibility index (Phi) is 11.4. The molecule has 3 atom stereocenters. The molecule has 1 aliphatic rings. The predicted molar refractivity (Wildman–Crippen MR) is 135 cm³/mol. The second kappa shape index (κ2) is 14.4. The SMILES string of the molecule is CCC(C(=O)NCC(=O)NCC(=O)NC(Cc1ccccc1)C(=O)NCC(=O)NC)N1C(=O)CC(C)C1=O. The molecule has 38 heavy (non-hydrogen) atoms. The number of likely N-dealkylation sites (tertiary alicyclic amines) is 1. The highest BCUT2D eigenvalue weighted by atomic mass is 16.2. The van der Waals surface area contributed by atoms with E-state index < -0.39 is 72.4 Å². The van der Waals surface area contributed by atoms with Crippen LogP contribution in [0.4, 0.5) is 0 Å². The van der Waals surface area contributed by atoms with Crippen molar-refractivity contribution in [2.24, 2.45) is 5.92 Å². The molecule has 7 amide bonds. The minimum atomic E-state index is -1.02. The first-order chi connectivity index (χ1) is 18.1. The van der Waals surface area contributed by atoms with E-state index in [1.165, 1.54) is 7.05 Å². The van der Waals surface area contributed by atoms with Crippen LogP contribution >= 0.6 is 0 Å². The van der Waals surface area contributed by atoms with Crippen LogP contribution in [-0.2, 0) is 40.0 Å². The first kappa shape index (κ1) is 29.9. The third kappa shape index (κ3) is 8.68. The Morgan fingerprint density at radius 3 is 2.08 bits per heavy atom. The molecule has 206 valence electrons. The minimum absolute atomic E-state index is 0.0350. The monoisotopic (exact) mass is 530 g/mol. The van der Waals surface area contributed by atoms with Crippen LogP contribution in [0.3, 0.4) is 0 Å². The summed E-state index contributed by atoms with van der Waals surface area (Å²) in [5.74, 6) is -4.33. The largest absolute Gasteiger partial charge is 0.358 e. The molecule has 13 nitrogen and oxygen atoms in total. The standard InChI is InChI=1S/C25H34N6O7/c1-4-18(31-22(35)10-15(2)25(31)38)24(37)29-13-20(33)27-14-21(34)30-17(11-16-8-6-5-7-9-16)23(36)28-12-19(32)26-3/h5-9,15,17-18H,4,10-14H2,1-3H3,(H,26,32)(H,27,33)(H,28,36)(H,29,37)(H,30,34). The molecule has 1 heterocycles. The molecule has 0 radical (unpaired) electrons. The third-order valence-corrected chi connectivity index (χ3v) is 5.92. The third-order valence-electron chi connectivity index (χ3n) is 5.92. The highest BCUT2D eigenvalue weighted by Crippen LogP contribution is 2.22. The number of carbonyl (C=O) groups is 7. The zero-order chi connectivity index (χ0) is 28.2. The van der Waals surface area contributed by atoms with Gasteiger partial charge in [-0.15, -0.1) is 0 Å². The van der Waals surface area contributed by atoms with E-state index in [9.17, 15) is 33.6 Å². The fourth-order valence-corrected chi connectivity index (χ4v) is 3.83. The summed E-state index contributed by atoms with van der Waals surface area (Å²) in [5.41, 5.74) is 0.773. The molecule has 0 bridgehead atoms. The van der Waals surface area contributed by atoms with Crippen LogP contribution in [-0.4, -0.2) is 85.0 Å². The van der Waals surface area contributed by atoms with Crippen molar-refractivity contribution in [3.05, 3.63) is 35.9 Å². The average molecular weight is 531 g/mol. The van der Waals surface area contributed by atoms with Crippen molar-refractivity contribution >= 4 is 41.4 Å². The van der Waals surface area contributed by atoms with Crippen molar-refractivity contribution < 1.29 is 33.6 Å². The van der Waals surface area contributed by atoms with Crippen LogP contribution in [0.15, 0.2) is 30.3 Å². The summed E-state index contributed by atoms with van der Waals surface area (Å²) in [6, 6.07) is 6.90. The molecule has 1 aromatic rings. The van der Waals surface area contributed by atoms with Crippen LogP contribution < -0.4 is 26.6 Å². The number of nitrogens with one attached hydrogen (secondary N) is 5. The van der Waals surface area contributed by atoms with E-state index in [2.05, 4.69) is 26.6 Å². The quantitative estimate of drug-likeness (QED) is 0.182. The summed E-state index contributed by atoms with van der Waals surface area (Å²) < 4.78 is 0. The molecule has 0 aromatic heterocycles. The summed E-state index contributed by atoms with van der Waals surface area (Å²) in [6.07, 6.45) is 0.374. The zero-order valence-electron chi connectivity index (χ0n) is 21.7. The van der Waals surface area contributed by atoms with Crippen molar-refractivity contribution in [2.45, 2.75) is 45.2 Å². The van der Waals surface area contributed by atoms with Gasteiger partial charge in [-0.3, -0.25) is 38.5 Å². The lowest BCUT2D eigenvalue weighted by atomic mass is 10.1. The lowest BCUT2D eigenvalue weighted by Gasteiger charge is -2.24. The number of likely N-dealkylation sites (N-methyl/N-ethyl adjacent to an activating group) is 1. The maximum Gasteiger partial charge on any atom is 0.243 e. The zero-order valence-corrected chi connectivity index (χ0v) is 21.7. The Morgan fingerprint density at radius 1 is 0.895 bits per heavy atom. The molecule has 1 fully saturated rings. The van der Waals surface area contributed by atoms with E-state index >= 15 is 0 Å². The van der Waals surface area contributed by atoms with Crippen molar-refractivity contribution in [3.63, 3.8) is 0 Å². The number of nitrogens with zero attached hydrogens (tertiary/aromatic N) is 1. The van der Waals surface area contributed by atoms with E-state index in [0.29, 0.717) is 0 Å². The highest BCUT2D eigenvalue weighted by Gasteiger charge is 2.42. The second-order valence-electron chi connectivity index (χ2n) is 8.83. The second-order valence-corrected chi connectivity index (χ2v) is 8.83. The Morgan fingerprint density at radius 2 is 1.50 bits per heavy atom. The Balaban J connectivity index is 1.87. The number of hydrogen-bond acceptors (Lipinski definition) is 7. The van der Waals surface area contributed by atoms with Gasteiger partial charge in [0, 0.05) is 25.8 Å². The van der Waals surface area contributed by atoms with Crippen molar-refractivity contribution in [1.29, 1.82) is 0 Å². The molecule has 2 rings (SSSR count). The molecular formula is C25H34N6O7. The van der Waals surface area contributed by atoms with Crippen molar-refractivity contribution in [1.82, 2.24) is 31.5 Å². The van der Waals surface area contributed by atoms with Crippen LogP contribution in [0.25, 0.3) is 0 Å². The number of imide groups is 1. The van der Waals surface area contributed by atoms with Gasteiger partial charge in [0.25, 0.3) is 0 Å². The molecule has 1 saturated heterocycles. The van der Waals surface area contributed by atoms with Gasteiger partial charge in [0.05, 0.1) is 19.6 Å². The fourth-order valence-electron chi connectivity index (χ4n) is 3.83. The summed E-state index contributed by atoms with van der Waals surface area (Å²) in [5, 5.41) is 12.1. The van der Waals surface area contributed by atoms with Gasteiger partial charge in [-0.1, -0.05) is 44.2 Å². The van der Waals surface area contributed by atoms with Gasteiger partial charge in [0.2, 0.25) is 41.4 Å². The molecule has 0 saturated carbocycles. The summed E-state index contributed by atoms with van der Waals surface area (Å²) in [4.78, 5) is 86.5.